The molecule has 2 aromatic carbocycles. The summed E-state index contributed by atoms with van der Waals surface area (Å²) in [6, 6.07) is 16.0. The third-order valence-electron chi connectivity index (χ3n) is 2.98. The van der Waals surface area contributed by atoms with Gasteiger partial charge >= 0.3 is 0 Å². The average molecular weight is 296 g/mol. The van der Waals surface area contributed by atoms with E-state index >= 15 is 0 Å². The van der Waals surface area contributed by atoms with Crippen molar-refractivity contribution in [2.24, 2.45) is 0 Å². The monoisotopic (exact) mass is 296 g/mol. The van der Waals surface area contributed by atoms with Crippen LogP contribution in [0.25, 0.3) is 0 Å². The second kappa shape index (κ2) is 7.81. The van der Waals surface area contributed by atoms with Gasteiger partial charge in [-0.3, -0.25) is 4.79 Å². The standard InChI is InChI=1S/C17H16N2O3/c18-8-9-22-16-6-4-13(5-7-16)11-17(21)19-15-3-1-2-14(10-15)12-20/h1-7,10,20H,9,11-12H2,(H,19,21). The van der Waals surface area contributed by atoms with Crippen LogP contribution in [0.2, 0.25) is 0 Å². The van der Waals surface area contributed by atoms with Crippen molar-refractivity contribution in [2.75, 3.05) is 11.9 Å². The number of aliphatic hydroxyl groups excluding tert-OH is 1. The maximum absolute atomic E-state index is 12.0. The number of carbonyl (C=O) groups excluding carboxylic acids is 1. The summed E-state index contributed by atoms with van der Waals surface area (Å²) in [7, 11) is 0. The van der Waals surface area contributed by atoms with Gasteiger partial charge in [-0.05, 0) is 35.4 Å². The molecular weight excluding hydrogens is 280 g/mol. The zero-order chi connectivity index (χ0) is 15.8. The van der Waals surface area contributed by atoms with E-state index in [9.17, 15) is 4.79 Å². The molecule has 0 bridgehead atoms. The van der Waals surface area contributed by atoms with E-state index in [0.29, 0.717) is 11.4 Å². The van der Waals surface area contributed by atoms with Crippen LogP contribution < -0.4 is 10.1 Å². The van der Waals surface area contributed by atoms with E-state index in [1.807, 2.05) is 6.07 Å². The molecule has 5 heteroatoms. The Balaban J connectivity index is 1.92. The molecule has 2 N–H and O–H groups in total. The van der Waals surface area contributed by atoms with E-state index in [1.165, 1.54) is 0 Å². The van der Waals surface area contributed by atoms with Crippen LogP contribution >= 0.6 is 0 Å². The number of hydrogen-bond acceptors (Lipinski definition) is 4. The Labute approximate surface area is 128 Å². The molecule has 0 fully saturated rings. The molecule has 0 aliphatic rings. The SMILES string of the molecule is N#CCOc1ccc(CC(=O)Nc2cccc(CO)c2)cc1. The zero-order valence-electron chi connectivity index (χ0n) is 12.0. The van der Waals surface area contributed by atoms with Crippen molar-refractivity contribution < 1.29 is 14.6 Å². The summed E-state index contributed by atoms with van der Waals surface area (Å²) in [6.07, 6.45) is 0.238. The van der Waals surface area contributed by atoms with Crippen LogP contribution in [-0.2, 0) is 17.8 Å². The van der Waals surface area contributed by atoms with Crippen LogP contribution in [0, 0.1) is 11.3 Å². The topological polar surface area (TPSA) is 82.3 Å². The van der Waals surface area contributed by atoms with Crippen LogP contribution in [-0.4, -0.2) is 17.6 Å². The Morgan fingerprint density at radius 3 is 2.64 bits per heavy atom. The number of nitrogens with zero attached hydrogens (tertiary/aromatic N) is 1. The van der Waals surface area contributed by atoms with Gasteiger partial charge in [0, 0.05) is 5.69 Å². The van der Waals surface area contributed by atoms with E-state index < -0.39 is 0 Å². The quantitative estimate of drug-likeness (QED) is 0.856. The first-order valence-electron chi connectivity index (χ1n) is 6.79. The highest BCUT2D eigenvalue weighted by molar-refractivity contribution is 5.92. The minimum Gasteiger partial charge on any atom is -0.479 e. The van der Waals surface area contributed by atoms with Crippen molar-refractivity contribution in [1.29, 1.82) is 5.26 Å². The van der Waals surface area contributed by atoms with Crippen LogP contribution in [0.5, 0.6) is 5.75 Å². The molecule has 0 saturated carbocycles. The largest absolute Gasteiger partial charge is 0.479 e. The summed E-state index contributed by atoms with van der Waals surface area (Å²) in [6.45, 7) is -0.0606. The number of hydrogen-bond donors (Lipinski definition) is 2. The Hall–Kier alpha value is -2.84. The lowest BCUT2D eigenvalue weighted by atomic mass is 10.1. The van der Waals surface area contributed by atoms with E-state index in [4.69, 9.17) is 15.1 Å². The summed E-state index contributed by atoms with van der Waals surface area (Å²) >= 11 is 0. The Morgan fingerprint density at radius 1 is 1.18 bits per heavy atom. The molecule has 1 amide bonds. The third-order valence-corrected chi connectivity index (χ3v) is 2.98. The highest BCUT2D eigenvalue weighted by atomic mass is 16.5. The molecule has 0 heterocycles. The second-order valence-electron chi connectivity index (χ2n) is 4.67. The zero-order valence-corrected chi connectivity index (χ0v) is 12.0. The van der Waals surface area contributed by atoms with E-state index in [2.05, 4.69) is 5.32 Å². The molecule has 0 saturated heterocycles. The van der Waals surface area contributed by atoms with E-state index in [0.717, 1.165) is 11.1 Å². The van der Waals surface area contributed by atoms with Crippen molar-refractivity contribution >= 4 is 11.6 Å². The molecule has 0 aromatic heterocycles. The summed E-state index contributed by atoms with van der Waals surface area (Å²) in [5.41, 5.74) is 2.25. The molecular formula is C17H16N2O3. The van der Waals surface area contributed by atoms with Crippen molar-refractivity contribution in [2.45, 2.75) is 13.0 Å². The van der Waals surface area contributed by atoms with Crippen LogP contribution in [0.3, 0.4) is 0 Å². The molecule has 0 spiro atoms. The molecule has 0 aliphatic carbocycles. The van der Waals surface area contributed by atoms with Gasteiger partial charge in [0.15, 0.2) is 6.61 Å². The van der Waals surface area contributed by atoms with Gasteiger partial charge in [-0.1, -0.05) is 24.3 Å². The number of nitrogens with one attached hydrogen (secondary N) is 1. The molecule has 0 unspecified atom stereocenters. The van der Waals surface area contributed by atoms with E-state index in [-0.39, 0.29) is 25.5 Å². The van der Waals surface area contributed by atoms with Gasteiger partial charge in [-0.2, -0.15) is 5.26 Å². The summed E-state index contributed by atoms with van der Waals surface area (Å²) < 4.78 is 5.15. The number of aliphatic hydroxyl groups is 1. The molecule has 2 rings (SSSR count). The van der Waals surface area contributed by atoms with E-state index in [1.54, 1.807) is 48.5 Å². The minimum absolute atomic E-state index is 0.00102. The number of rotatable bonds is 6. The van der Waals surface area contributed by atoms with Crippen molar-refractivity contribution in [3.05, 3.63) is 59.7 Å². The number of carbonyl (C=O) groups is 1. The highest BCUT2D eigenvalue weighted by Gasteiger charge is 2.05. The molecule has 0 atom stereocenters. The number of ether oxygens (including phenoxy) is 1. The minimum atomic E-state index is -0.138. The average Bonchev–Trinajstić information content (AvgIpc) is 2.54. The third kappa shape index (κ3) is 4.62. The summed E-state index contributed by atoms with van der Waals surface area (Å²) in [5, 5.41) is 20.3. The first-order chi connectivity index (χ1) is 10.7. The van der Waals surface area contributed by atoms with Gasteiger partial charge in [0.05, 0.1) is 13.0 Å². The molecule has 0 radical (unpaired) electrons. The number of anilines is 1. The lowest BCUT2D eigenvalue weighted by Gasteiger charge is -2.07. The molecule has 5 nitrogen and oxygen atoms in total. The molecule has 112 valence electrons. The van der Waals surface area contributed by atoms with Gasteiger partial charge in [0.1, 0.15) is 11.8 Å². The number of nitriles is 1. The maximum Gasteiger partial charge on any atom is 0.228 e. The lowest BCUT2D eigenvalue weighted by Crippen LogP contribution is -2.14. The van der Waals surface area contributed by atoms with Gasteiger partial charge in [0.2, 0.25) is 5.91 Å². The fourth-order valence-corrected chi connectivity index (χ4v) is 1.96. The first-order valence-corrected chi connectivity index (χ1v) is 6.79. The van der Waals surface area contributed by atoms with Gasteiger partial charge in [-0.15, -0.1) is 0 Å². The smallest absolute Gasteiger partial charge is 0.228 e. The Bertz CT molecular complexity index is 675. The van der Waals surface area contributed by atoms with Crippen molar-refractivity contribution in [1.82, 2.24) is 0 Å². The van der Waals surface area contributed by atoms with Crippen molar-refractivity contribution in [3.63, 3.8) is 0 Å². The normalized spacial score (nSPS) is 9.82. The highest BCUT2D eigenvalue weighted by Crippen LogP contribution is 2.14. The first kappa shape index (κ1) is 15.5. The predicted octanol–water partition coefficient (Wildman–Crippen LogP) is 2.26. The maximum atomic E-state index is 12.0. The van der Waals surface area contributed by atoms with Gasteiger partial charge in [0.25, 0.3) is 0 Å². The Kier molecular flexibility index (Phi) is 5.52. The van der Waals surface area contributed by atoms with Crippen LogP contribution in [0.1, 0.15) is 11.1 Å². The molecule has 2 aromatic rings. The Morgan fingerprint density at radius 2 is 1.95 bits per heavy atom. The summed E-state index contributed by atoms with van der Waals surface area (Å²) in [5.74, 6) is 0.460. The fourth-order valence-electron chi connectivity index (χ4n) is 1.96. The lowest BCUT2D eigenvalue weighted by molar-refractivity contribution is -0.115. The van der Waals surface area contributed by atoms with Crippen molar-refractivity contribution in [3.8, 4) is 11.8 Å². The number of amides is 1. The fraction of sp³-hybridized carbons (Fsp3) is 0.176. The molecule has 22 heavy (non-hydrogen) atoms. The number of benzene rings is 2. The van der Waals surface area contributed by atoms with Gasteiger partial charge in [-0.25, -0.2) is 0 Å². The predicted molar refractivity (Wildman–Crippen MR) is 82.2 cm³/mol. The molecule has 0 aliphatic heterocycles. The van der Waals surface area contributed by atoms with Crippen LogP contribution in [0.15, 0.2) is 48.5 Å². The van der Waals surface area contributed by atoms with Crippen LogP contribution in [0.4, 0.5) is 5.69 Å². The van der Waals surface area contributed by atoms with Gasteiger partial charge < -0.3 is 15.2 Å². The summed E-state index contributed by atoms with van der Waals surface area (Å²) in [4.78, 5) is 12.0. The second-order valence-corrected chi connectivity index (χ2v) is 4.67.